The maximum Gasteiger partial charge on any atom is 0.0761 e. The number of hydrogen-bond donors (Lipinski definition) is 1. The Bertz CT molecular complexity index is 580. The first-order valence-electron chi connectivity index (χ1n) is 5.97. The lowest BCUT2D eigenvalue weighted by molar-refractivity contribution is 0.628. The van der Waals surface area contributed by atoms with Crippen molar-refractivity contribution in [3.8, 4) is 0 Å². The molecule has 0 aliphatic rings. The molecule has 1 unspecified atom stereocenters. The first kappa shape index (κ1) is 15.7. The lowest BCUT2D eigenvalue weighted by atomic mass is 10.00. The number of nitrogens with one attached hydrogen (secondary N) is 1. The van der Waals surface area contributed by atoms with Gasteiger partial charge in [0.1, 0.15) is 0 Å². The second-order valence-corrected chi connectivity index (χ2v) is 8.90. The second kappa shape index (κ2) is 6.85. The molecule has 1 aromatic carbocycles. The van der Waals surface area contributed by atoms with Crippen LogP contribution in [0.3, 0.4) is 0 Å². The zero-order valence-corrected chi connectivity index (χ0v) is 16.2. The van der Waals surface area contributed by atoms with E-state index in [1.807, 2.05) is 0 Å². The van der Waals surface area contributed by atoms with E-state index >= 15 is 0 Å². The van der Waals surface area contributed by atoms with Gasteiger partial charge in [-0.2, -0.15) is 0 Å². The van der Waals surface area contributed by atoms with E-state index in [1.165, 1.54) is 16.7 Å². The van der Waals surface area contributed by atoms with Crippen molar-refractivity contribution in [2.24, 2.45) is 0 Å². The average Bonchev–Trinajstić information content (AvgIpc) is 2.66. The third kappa shape index (κ3) is 3.70. The normalized spacial score (nSPS) is 12.7. The van der Waals surface area contributed by atoms with Gasteiger partial charge >= 0.3 is 0 Å². The molecule has 2 rings (SSSR count). The van der Waals surface area contributed by atoms with E-state index in [0.717, 1.165) is 18.6 Å². The molecule has 0 spiro atoms. The molecule has 102 valence electrons. The first-order valence-corrected chi connectivity index (χ1v) is 9.16. The third-order valence-electron chi connectivity index (χ3n) is 2.87. The molecule has 0 saturated heterocycles. The van der Waals surface area contributed by atoms with E-state index in [9.17, 15) is 0 Å². The van der Waals surface area contributed by atoms with Crippen LogP contribution in [0.15, 0.2) is 36.3 Å². The Labute approximate surface area is 143 Å². The summed E-state index contributed by atoms with van der Waals surface area (Å²) in [5.41, 5.74) is 3.79. The van der Waals surface area contributed by atoms with Crippen LogP contribution in [0, 0.1) is 6.92 Å². The monoisotopic (exact) mass is 465 g/mol. The lowest BCUT2D eigenvalue weighted by Gasteiger charge is -2.20. The number of aryl methyl sites for hydroxylation is 1. The summed E-state index contributed by atoms with van der Waals surface area (Å²) >= 11 is 12.6. The van der Waals surface area contributed by atoms with Crippen LogP contribution < -0.4 is 5.32 Å². The highest BCUT2D eigenvalue weighted by Crippen LogP contribution is 2.39. The van der Waals surface area contributed by atoms with Crippen LogP contribution >= 0.6 is 59.1 Å². The minimum atomic E-state index is 0.192. The van der Waals surface area contributed by atoms with Gasteiger partial charge in [-0.25, -0.2) is 0 Å². The van der Waals surface area contributed by atoms with Crippen molar-refractivity contribution in [1.82, 2.24) is 5.32 Å². The summed E-state index contributed by atoms with van der Waals surface area (Å²) in [4.78, 5) is 0. The van der Waals surface area contributed by atoms with Crippen LogP contribution in [0.2, 0.25) is 0 Å². The topological polar surface area (TPSA) is 12.0 Å². The first-order chi connectivity index (χ1) is 9.02. The summed E-state index contributed by atoms with van der Waals surface area (Å²) < 4.78 is 3.45. The van der Waals surface area contributed by atoms with Crippen molar-refractivity contribution in [3.05, 3.63) is 53.0 Å². The van der Waals surface area contributed by atoms with Crippen molar-refractivity contribution < 1.29 is 0 Å². The van der Waals surface area contributed by atoms with E-state index in [1.54, 1.807) is 11.3 Å². The van der Waals surface area contributed by atoms with Crippen molar-refractivity contribution in [3.63, 3.8) is 0 Å². The second-order valence-electron chi connectivity index (χ2n) is 4.30. The number of rotatable bonds is 4. The van der Waals surface area contributed by atoms with E-state index in [-0.39, 0.29) is 6.04 Å². The minimum absolute atomic E-state index is 0.192. The largest absolute Gasteiger partial charge is 0.306 e. The summed E-state index contributed by atoms with van der Waals surface area (Å²) in [6.45, 7) is 5.16. The Balaban J connectivity index is 2.48. The summed E-state index contributed by atoms with van der Waals surface area (Å²) in [7, 11) is 0. The molecule has 5 heteroatoms. The van der Waals surface area contributed by atoms with Crippen LogP contribution in [0.1, 0.15) is 29.7 Å². The highest BCUT2D eigenvalue weighted by molar-refractivity contribution is 9.12. The maximum atomic E-state index is 3.68. The molecule has 19 heavy (non-hydrogen) atoms. The van der Waals surface area contributed by atoms with E-state index in [2.05, 4.69) is 91.2 Å². The van der Waals surface area contributed by atoms with Gasteiger partial charge in [0.05, 0.1) is 13.6 Å². The molecule has 2 aromatic rings. The van der Waals surface area contributed by atoms with Crippen molar-refractivity contribution in [2.45, 2.75) is 19.9 Å². The fraction of sp³-hybridized carbons (Fsp3) is 0.286. The molecule has 0 amide bonds. The SMILES string of the molecule is CCNC(c1ccc(C)cc1Br)c1cc(Br)sc1Br. The average molecular weight is 468 g/mol. The zero-order valence-electron chi connectivity index (χ0n) is 10.6. The Morgan fingerprint density at radius 1 is 1.16 bits per heavy atom. The Morgan fingerprint density at radius 3 is 2.42 bits per heavy atom. The van der Waals surface area contributed by atoms with E-state index in [0.29, 0.717) is 0 Å². The molecule has 1 aromatic heterocycles. The quantitative estimate of drug-likeness (QED) is 0.577. The zero-order chi connectivity index (χ0) is 14.0. The van der Waals surface area contributed by atoms with Crippen molar-refractivity contribution >= 4 is 59.1 Å². The predicted octanol–water partition coefficient (Wildman–Crippen LogP) is 6.04. The maximum absolute atomic E-state index is 3.68. The standard InChI is InChI=1S/C14H14Br3NS/c1-3-18-13(10-7-12(16)19-14(10)17)9-5-4-8(2)6-11(9)15/h4-7,13,18H,3H2,1-2H3. The molecule has 0 bridgehead atoms. The Morgan fingerprint density at radius 2 is 1.89 bits per heavy atom. The number of hydrogen-bond acceptors (Lipinski definition) is 2. The van der Waals surface area contributed by atoms with Crippen LogP contribution in [0.25, 0.3) is 0 Å². The van der Waals surface area contributed by atoms with E-state index < -0.39 is 0 Å². The van der Waals surface area contributed by atoms with E-state index in [4.69, 9.17) is 0 Å². The Hall–Kier alpha value is 0.320. The Kier molecular flexibility index (Phi) is 5.66. The molecule has 0 aliphatic heterocycles. The van der Waals surface area contributed by atoms with Crippen molar-refractivity contribution in [1.29, 1.82) is 0 Å². The summed E-state index contributed by atoms with van der Waals surface area (Å²) in [6.07, 6.45) is 0. The fourth-order valence-corrected chi connectivity index (χ4v) is 5.63. The molecule has 0 fully saturated rings. The van der Waals surface area contributed by atoms with Gasteiger partial charge in [-0.05, 0) is 74.2 Å². The van der Waals surface area contributed by atoms with Gasteiger partial charge in [0.15, 0.2) is 0 Å². The molecule has 1 nitrogen and oxygen atoms in total. The molecule has 0 saturated carbocycles. The smallest absolute Gasteiger partial charge is 0.0761 e. The van der Waals surface area contributed by atoms with Gasteiger partial charge in [0, 0.05) is 4.47 Å². The number of halogens is 3. The van der Waals surface area contributed by atoms with Gasteiger partial charge < -0.3 is 5.32 Å². The van der Waals surface area contributed by atoms with Gasteiger partial charge in [-0.3, -0.25) is 0 Å². The van der Waals surface area contributed by atoms with Gasteiger partial charge in [0.2, 0.25) is 0 Å². The summed E-state index contributed by atoms with van der Waals surface area (Å²) in [5, 5.41) is 3.56. The summed E-state index contributed by atoms with van der Waals surface area (Å²) in [6, 6.07) is 8.87. The molecule has 1 N–H and O–H groups in total. The molecule has 0 radical (unpaired) electrons. The molecule has 1 heterocycles. The van der Waals surface area contributed by atoms with Gasteiger partial charge in [-0.15, -0.1) is 11.3 Å². The number of thiophene rings is 1. The van der Waals surface area contributed by atoms with Gasteiger partial charge in [0.25, 0.3) is 0 Å². The molecule has 1 atom stereocenters. The molecular weight excluding hydrogens is 454 g/mol. The summed E-state index contributed by atoms with van der Waals surface area (Å²) in [5.74, 6) is 0. The van der Waals surface area contributed by atoms with Gasteiger partial charge in [-0.1, -0.05) is 35.0 Å². The minimum Gasteiger partial charge on any atom is -0.306 e. The fourth-order valence-electron chi connectivity index (χ4n) is 2.01. The van der Waals surface area contributed by atoms with Crippen LogP contribution in [0.4, 0.5) is 0 Å². The molecule has 0 aliphatic carbocycles. The lowest BCUT2D eigenvalue weighted by Crippen LogP contribution is -2.22. The predicted molar refractivity (Wildman–Crippen MR) is 94.1 cm³/mol. The molecular formula is C14H14Br3NS. The van der Waals surface area contributed by atoms with Crippen LogP contribution in [-0.2, 0) is 0 Å². The van der Waals surface area contributed by atoms with Crippen molar-refractivity contribution in [2.75, 3.05) is 6.54 Å². The van der Waals surface area contributed by atoms with Crippen LogP contribution in [-0.4, -0.2) is 6.54 Å². The third-order valence-corrected chi connectivity index (χ3v) is 5.94. The number of benzene rings is 1. The highest BCUT2D eigenvalue weighted by Gasteiger charge is 2.20. The van der Waals surface area contributed by atoms with Crippen LogP contribution in [0.5, 0.6) is 0 Å². The highest BCUT2D eigenvalue weighted by atomic mass is 79.9.